The standard InChI is InChI=1S/C27H35N3O2/c1-2-29-26(32)27(13-6-16-30(20-27)25(31)18-21-7-3-4-8-21)19-22-9-5-10-24(17-22)23-11-14-28-15-12-23/h5,9-12,14-15,17,21H,2-4,6-8,13,16,18-20H2,1H3,(H,29,32)/t27-/m1/s1. The molecule has 2 amide bonds. The van der Waals surface area contributed by atoms with Crippen LogP contribution < -0.4 is 5.32 Å². The van der Waals surface area contributed by atoms with E-state index in [1.165, 1.54) is 25.7 Å². The van der Waals surface area contributed by atoms with Crippen molar-refractivity contribution >= 4 is 11.8 Å². The van der Waals surface area contributed by atoms with Crippen molar-refractivity contribution in [2.75, 3.05) is 19.6 Å². The number of benzene rings is 1. The van der Waals surface area contributed by atoms with Gasteiger partial charge in [-0.25, -0.2) is 0 Å². The number of likely N-dealkylation sites (tertiary alicyclic amines) is 1. The van der Waals surface area contributed by atoms with Crippen LogP contribution in [0.4, 0.5) is 0 Å². The molecule has 0 bridgehead atoms. The minimum atomic E-state index is -0.573. The molecule has 5 nitrogen and oxygen atoms in total. The number of carbonyl (C=O) groups excluding carboxylic acids is 2. The molecule has 5 heteroatoms. The third-order valence-corrected chi connectivity index (χ3v) is 7.17. The van der Waals surface area contributed by atoms with Gasteiger partial charge in [-0.15, -0.1) is 0 Å². The molecule has 32 heavy (non-hydrogen) atoms. The number of hydrogen-bond donors (Lipinski definition) is 1. The van der Waals surface area contributed by atoms with Gasteiger partial charge in [0.15, 0.2) is 0 Å². The number of carbonyl (C=O) groups is 2. The van der Waals surface area contributed by atoms with Gasteiger partial charge in [-0.3, -0.25) is 14.6 Å². The highest BCUT2D eigenvalue weighted by atomic mass is 16.2. The fourth-order valence-electron chi connectivity index (χ4n) is 5.49. The van der Waals surface area contributed by atoms with E-state index in [4.69, 9.17) is 0 Å². The van der Waals surface area contributed by atoms with Crippen LogP contribution in [-0.4, -0.2) is 41.3 Å². The van der Waals surface area contributed by atoms with Gasteiger partial charge in [0, 0.05) is 38.4 Å². The topological polar surface area (TPSA) is 62.3 Å². The first-order chi connectivity index (χ1) is 15.6. The minimum absolute atomic E-state index is 0.0766. The largest absolute Gasteiger partial charge is 0.356 e. The van der Waals surface area contributed by atoms with Gasteiger partial charge < -0.3 is 10.2 Å². The van der Waals surface area contributed by atoms with Gasteiger partial charge >= 0.3 is 0 Å². The van der Waals surface area contributed by atoms with Crippen molar-refractivity contribution in [3.05, 3.63) is 54.4 Å². The van der Waals surface area contributed by atoms with Crippen LogP contribution in [0.25, 0.3) is 11.1 Å². The van der Waals surface area contributed by atoms with Crippen molar-refractivity contribution in [2.45, 2.75) is 58.3 Å². The number of rotatable bonds is 7. The Balaban J connectivity index is 1.55. The smallest absolute Gasteiger partial charge is 0.228 e. The summed E-state index contributed by atoms with van der Waals surface area (Å²) in [6.45, 7) is 3.85. The van der Waals surface area contributed by atoms with Crippen LogP contribution >= 0.6 is 0 Å². The zero-order valence-corrected chi connectivity index (χ0v) is 19.2. The Morgan fingerprint density at radius 1 is 1.09 bits per heavy atom. The van der Waals surface area contributed by atoms with Crippen LogP contribution in [0, 0.1) is 11.3 Å². The van der Waals surface area contributed by atoms with Crippen LogP contribution in [-0.2, 0) is 16.0 Å². The Kier molecular flexibility index (Phi) is 7.23. The number of nitrogens with zero attached hydrogens (tertiary/aromatic N) is 2. The van der Waals surface area contributed by atoms with Crippen LogP contribution in [0.5, 0.6) is 0 Å². The highest BCUT2D eigenvalue weighted by molar-refractivity contribution is 5.85. The maximum Gasteiger partial charge on any atom is 0.228 e. The van der Waals surface area contributed by atoms with Crippen molar-refractivity contribution < 1.29 is 9.59 Å². The summed E-state index contributed by atoms with van der Waals surface area (Å²) in [6.07, 6.45) is 11.4. The van der Waals surface area contributed by atoms with E-state index in [-0.39, 0.29) is 11.8 Å². The van der Waals surface area contributed by atoms with Crippen LogP contribution in [0.1, 0.15) is 57.4 Å². The molecule has 1 N–H and O–H groups in total. The highest BCUT2D eigenvalue weighted by Crippen LogP contribution is 2.36. The number of nitrogens with one attached hydrogen (secondary N) is 1. The van der Waals surface area contributed by atoms with Gasteiger partial charge in [0.2, 0.25) is 11.8 Å². The first-order valence-corrected chi connectivity index (χ1v) is 12.1. The minimum Gasteiger partial charge on any atom is -0.356 e. The third-order valence-electron chi connectivity index (χ3n) is 7.17. The molecule has 1 atom stereocenters. The quantitative estimate of drug-likeness (QED) is 0.693. The van der Waals surface area contributed by atoms with Gasteiger partial charge in [0.25, 0.3) is 0 Å². The molecule has 0 spiro atoms. The van der Waals surface area contributed by atoms with E-state index >= 15 is 0 Å². The first kappa shape index (κ1) is 22.5. The zero-order valence-electron chi connectivity index (χ0n) is 19.2. The lowest BCUT2D eigenvalue weighted by Gasteiger charge is -2.42. The van der Waals surface area contributed by atoms with Crippen LogP contribution in [0.2, 0.25) is 0 Å². The average molecular weight is 434 g/mol. The first-order valence-electron chi connectivity index (χ1n) is 12.1. The van der Waals surface area contributed by atoms with E-state index in [0.717, 1.165) is 36.1 Å². The SMILES string of the molecule is CCNC(=O)[C@@]1(Cc2cccc(-c3ccncc3)c2)CCCN(C(=O)CC2CCCC2)C1. The molecule has 1 saturated heterocycles. The van der Waals surface area contributed by atoms with Crippen molar-refractivity contribution in [2.24, 2.45) is 11.3 Å². The summed E-state index contributed by atoms with van der Waals surface area (Å²) in [7, 11) is 0. The predicted octanol–water partition coefficient (Wildman–Crippen LogP) is 4.62. The summed E-state index contributed by atoms with van der Waals surface area (Å²) >= 11 is 0. The number of pyridine rings is 1. The molecular weight excluding hydrogens is 398 g/mol. The molecule has 1 aromatic heterocycles. The van der Waals surface area contributed by atoms with Gasteiger partial charge in [0.1, 0.15) is 0 Å². The predicted molar refractivity (Wildman–Crippen MR) is 127 cm³/mol. The molecule has 4 rings (SSSR count). The molecule has 2 fully saturated rings. The summed E-state index contributed by atoms with van der Waals surface area (Å²) in [5.41, 5.74) is 2.80. The van der Waals surface area contributed by atoms with Gasteiger partial charge in [0.05, 0.1) is 5.41 Å². The van der Waals surface area contributed by atoms with Crippen molar-refractivity contribution in [1.82, 2.24) is 15.2 Å². The summed E-state index contributed by atoms with van der Waals surface area (Å²) in [5, 5.41) is 3.07. The van der Waals surface area contributed by atoms with Crippen molar-refractivity contribution in [3.63, 3.8) is 0 Å². The fourth-order valence-corrected chi connectivity index (χ4v) is 5.49. The van der Waals surface area contributed by atoms with E-state index in [1.54, 1.807) is 12.4 Å². The zero-order chi connectivity index (χ0) is 22.4. The van der Waals surface area contributed by atoms with Crippen molar-refractivity contribution in [3.8, 4) is 11.1 Å². The van der Waals surface area contributed by atoms with E-state index in [1.807, 2.05) is 24.0 Å². The Labute approximate surface area is 191 Å². The van der Waals surface area contributed by atoms with Gasteiger partial charge in [-0.05, 0) is 73.8 Å². The lowest BCUT2D eigenvalue weighted by Crippen LogP contribution is -2.54. The highest BCUT2D eigenvalue weighted by Gasteiger charge is 2.43. The lowest BCUT2D eigenvalue weighted by molar-refractivity contribution is -0.142. The van der Waals surface area contributed by atoms with E-state index < -0.39 is 5.41 Å². The molecule has 2 aliphatic rings. The summed E-state index contributed by atoms with van der Waals surface area (Å²) in [4.78, 5) is 32.5. The normalized spacial score (nSPS) is 21.5. The Hall–Kier alpha value is -2.69. The molecule has 2 aromatic rings. The second kappa shape index (κ2) is 10.3. The molecule has 0 radical (unpaired) electrons. The second-order valence-corrected chi connectivity index (χ2v) is 9.53. The maximum atomic E-state index is 13.3. The molecular formula is C27H35N3O2. The molecule has 170 valence electrons. The summed E-state index contributed by atoms with van der Waals surface area (Å²) in [6, 6.07) is 12.4. The molecule has 0 unspecified atom stereocenters. The summed E-state index contributed by atoms with van der Waals surface area (Å²) in [5.74, 6) is 0.837. The maximum absolute atomic E-state index is 13.3. The lowest BCUT2D eigenvalue weighted by atomic mass is 9.73. The third kappa shape index (κ3) is 5.20. The number of hydrogen-bond acceptors (Lipinski definition) is 3. The Bertz CT molecular complexity index is 924. The van der Waals surface area contributed by atoms with Gasteiger partial charge in [-0.2, -0.15) is 0 Å². The van der Waals surface area contributed by atoms with E-state index in [0.29, 0.717) is 31.8 Å². The van der Waals surface area contributed by atoms with Crippen LogP contribution in [0.15, 0.2) is 48.8 Å². The van der Waals surface area contributed by atoms with E-state index in [9.17, 15) is 9.59 Å². The number of amides is 2. The Morgan fingerprint density at radius 3 is 2.62 bits per heavy atom. The fraction of sp³-hybridized carbons (Fsp3) is 0.519. The number of piperidine rings is 1. The van der Waals surface area contributed by atoms with E-state index in [2.05, 4.69) is 34.6 Å². The summed E-state index contributed by atoms with van der Waals surface area (Å²) < 4.78 is 0. The second-order valence-electron chi connectivity index (χ2n) is 9.53. The molecule has 1 aliphatic heterocycles. The number of aromatic nitrogens is 1. The average Bonchev–Trinajstić information content (AvgIpc) is 3.33. The molecule has 1 aromatic carbocycles. The van der Waals surface area contributed by atoms with Crippen LogP contribution in [0.3, 0.4) is 0 Å². The molecule has 1 saturated carbocycles. The monoisotopic (exact) mass is 433 g/mol. The molecule has 2 heterocycles. The Morgan fingerprint density at radius 2 is 1.88 bits per heavy atom. The van der Waals surface area contributed by atoms with Gasteiger partial charge in [-0.1, -0.05) is 37.1 Å². The molecule has 1 aliphatic carbocycles. The van der Waals surface area contributed by atoms with Crippen molar-refractivity contribution in [1.29, 1.82) is 0 Å².